The van der Waals surface area contributed by atoms with Crippen LogP contribution in [0.25, 0.3) is 0 Å². The fourth-order valence-corrected chi connectivity index (χ4v) is 4.59. The van der Waals surface area contributed by atoms with Crippen LogP contribution in [0.1, 0.15) is 40.0 Å². The van der Waals surface area contributed by atoms with E-state index >= 15 is 0 Å². The summed E-state index contributed by atoms with van der Waals surface area (Å²) in [5.41, 5.74) is 0. The van der Waals surface area contributed by atoms with Gasteiger partial charge in [-0.1, -0.05) is 0 Å². The summed E-state index contributed by atoms with van der Waals surface area (Å²) < 4.78 is 7.10. The number of carbonyl (C=O) groups excluding carboxylic acids is 1. The van der Waals surface area contributed by atoms with E-state index in [1.165, 1.54) is 17.3 Å². The Morgan fingerprint density at radius 2 is 2.00 bits per heavy atom. The van der Waals surface area contributed by atoms with E-state index in [-0.39, 0.29) is 27.0 Å². The van der Waals surface area contributed by atoms with E-state index in [0.29, 0.717) is 23.1 Å². The molecule has 116 valence electrons. The van der Waals surface area contributed by atoms with Gasteiger partial charge in [0.2, 0.25) is 0 Å². The van der Waals surface area contributed by atoms with Gasteiger partial charge < -0.3 is 0 Å². The molecule has 1 fully saturated rings. The molecule has 0 unspecified atom stereocenters. The number of esters is 1. The SMILES string of the molecule is CC(C)[C@@H]1CC[C@@H](C)C[C@H]1OC(=O)C[Se]c1ccccc1. The van der Waals surface area contributed by atoms with Crippen LogP contribution in [0, 0.1) is 17.8 Å². The first-order chi connectivity index (χ1) is 10.1. The minimum absolute atomic E-state index is 0.0106. The van der Waals surface area contributed by atoms with Crippen molar-refractivity contribution in [1.29, 1.82) is 0 Å². The second-order valence-electron chi connectivity index (χ2n) is 6.46. The summed E-state index contributed by atoms with van der Waals surface area (Å²) in [7, 11) is 0. The molecule has 1 aromatic carbocycles. The summed E-state index contributed by atoms with van der Waals surface area (Å²) in [6.45, 7) is 6.76. The van der Waals surface area contributed by atoms with E-state index in [2.05, 4.69) is 32.9 Å². The van der Waals surface area contributed by atoms with Crippen LogP contribution in [0.3, 0.4) is 0 Å². The third-order valence-corrected chi connectivity index (χ3v) is 6.41. The van der Waals surface area contributed by atoms with Crippen LogP contribution < -0.4 is 4.46 Å². The first-order valence-corrected chi connectivity index (χ1v) is 10.0. The number of rotatable bonds is 5. The molecule has 0 saturated heterocycles. The zero-order valence-electron chi connectivity index (χ0n) is 13.2. The zero-order valence-corrected chi connectivity index (χ0v) is 15.0. The minimum atomic E-state index is -0.0106. The second-order valence-corrected chi connectivity index (χ2v) is 8.66. The Hall–Kier alpha value is -0.791. The third kappa shape index (κ3) is 5.16. The van der Waals surface area contributed by atoms with Gasteiger partial charge in [0, 0.05) is 0 Å². The van der Waals surface area contributed by atoms with Crippen molar-refractivity contribution < 1.29 is 9.53 Å². The van der Waals surface area contributed by atoms with Gasteiger partial charge in [0.1, 0.15) is 0 Å². The van der Waals surface area contributed by atoms with Gasteiger partial charge in [-0.15, -0.1) is 0 Å². The van der Waals surface area contributed by atoms with E-state index in [4.69, 9.17) is 4.74 Å². The molecule has 1 aliphatic carbocycles. The van der Waals surface area contributed by atoms with Gasteiger partial charge in [0.25, 0.3) is 0 Å². The Morgan fingerprint density at radius 3 is 2.67 bits per heavy atom. The van der Waals surface area contributed by atoms with Gasteiger partial charge in [-0.3, -0.25) is 0 Å². The van der Waals surface area contributed by atoms with Crippen LogP contribution in [0.15, 0.2) is 30.3 Å². The normalized spacial score (nSPS) is 25.8. The van der Waals surface area contributed by atoms with Gasteiger partial charge in [0.15, 0.2) is 0 Å². The third-order valence-electron chi connectivity index (χ3n) is 4.34. The van der Waals surface area contributed by atoms with Crippen molar-refractivity contribution in [2.75, 3.05) is 0 Å². The van der Waals surface area contributed by atoms with Gasteiger partial charge >= 0.3 is 134 Å². The van der Waals surface area contributed by atoms with Gasteiger partial charge in [-0.05, 0) is 0 Å². The monoisotopic (exact) mass is 354 g/mol. The molecule has 1 aromatic rings. The number of benzene rings is 1. The molecule has 3 heteroatoms. The molecule has 2 rings (SSSR count). The van der Waals surface area contributed by atoms with Crippen molar-refractivity contribution in [3.63, 3.8) is 0 Å². The maximum absolute atomic E-state index is 12.2. The van der Waals surface area contributed by atoms with Crippen molar-refractivity contribution in [2.24, 2.45) is 17.8 Å². The van der Waals surface area contributed by atoms with Crippen molar-refractivity contribution in [3.05, 3.63) is 30.3 Å². The van der Waals surface area contributed by atoms with Crippen LogP contribution in [-0.4, -0.2) is 27.0 Å². The van der Waals surface area contributed by atoms with Crippen LogP contribution in [-0.2, 0) is 9.53 Å². The summed E-state index contributed by atoms with van der Waals surface area (Å²) >= 11 is 0.186. The molecule has 0 amide bonds. The molecular formula is C18H26O2Se. The summed E-state index contributed by atoms with van der Waals surface area (Å²) in [5.74, 6) is 1.80. The van der Waals surface area contributed by atoms with E-state index in [1.54, 1.807) is 0 Å². The first-order valence-electron chi connectivity index (χ1n) is 7.93. The van der Waals surface area contributed by atoms with E-state index in [9.17, 15) is 4.79 Å². The maximum atomic E-state index is 12.2. The van der Waals surface area contributed by atoms with E-state index in [0.717, 1.165) is 6.42 Å². The van der Waals surface area contributed by atoms with E-state index < -0.39 is 0 Å². The van der Waals surface area contributed by atoms with Crippen LogP contribution in [0.2, 0.25) is 5.32 Å². The van der Waals surface area contributed by atoms with Crippen LogP contribution >= 0.6 is 0 Å². The Morgan fingerprint density at radius 1 is 1.29 bits per heavy atom. The number of carbonyl (C=O) groups is 1. The average Bonchev–Trinajstić information content (AvgIpc) is 2.46. The molecule has 0 heterocycles. The average molecular weight is 353 g/mol. The van der Waals surface area contributed by atoms with Crippen molar-refractivity contribution in [3.8, 4) is 0 Å². The fourth-order valence-electron chi connectivity index (χ4n) is 3.11. The van der Waals surface area contributed by atoms with Crippen LogP contribution in [0.4, 0.5) is 0 Å². The molecule has 0 N–H and O–H groups in total. The molecular weight excluding hydrogens is 327 g/mol. The van der Waals surface area contributed by atoms with Gasteiger partial charge in [-0.25, -0.2) is 0 Å². The number of hydrogen-bond donors (Lipinski definition) is 0. The summed E-state index contributed by atoms with van der Waals surface area (Å²) in [4.78, 5) is 12.2. The Balaban J connectivity index is 1.85. The zero-order chi connectivity index (χ0) is 15.2. The fraction of sp³-hybridized carbons (Fsp3) is 0.611. The molecule has 2 nitrogen and oxygen atoms in total. The van der Waals surface area contributed by atoms with Gasteiger partial charge in [0.05, 0.1) is 0 Å². The Kier molecular flexibility index (Phi) is 6.32. The predicted molar refractivity (Wildman–Crippen MR) is 87.9 cm³/mol. The van der Waals surface area contributed by atoms with Crippen molar-refractivity contribution in [1.82, 2.24) is 0 Å². The van der Waals surface area contributed by atoms with Gasteiger partial charge in [-0.2, -0.15) is 0 Å². The first kappa shape index (κ1) is 16.6. The summed E-state index contributed by atoms with van der Waals surface area (Å²) in [5, 5.41) is 0.548. The van der Waals surface area contributed by atoms with Crippen molar-refractivity contribution in [2.45, 2.75) is 51.5 Å². The molecule has 3 atom stereocenters. The molecule has 0 aliphatic heterocycles. The molecule has 1 saturated carbocycles. The van der Waals surface area contributed by atoms with Crippen LogP contribution in [0.5, 0.6) is 0 Å². The molecule has 0 radical (unpaired) electrons. The Bertz CT molecular complexity index is 444. The molecule has 1 aliphatic rings. The summed E-state index contributed by atoms with van der Waals surface area (Å²) in [6, 6.07) is 10.2. The Labute approximate surface area is 134 Å². The van der Waals surface area contributed by atoms with Crippen molar-refractivity contribution >= 4 is 25.4 Å². The molecule has 0 aromatic heterocycles. The molecule has 21 heavy (non-hydrogen) atoms. The number of ether oxygens (including phenoxy) is 1. The topological polar surface area (TPSA) is 26.3 Å². The standard InChI is InChI=1S/C18H26O2Se/c1-13(2)16-10-9-14(3)11-17(16)20-18(19)12-21-15-7-5-4-6-8-15/h4-8,13-14,16-17H,9-12H2,1-3H3/t14-,16+,17-/m1/s1. The number of hydrogen-bond acceptors (Lipinski definition) is 2. The summed E-state index contributed by atoms with van der Waals surface area (Å²) in [6.07, 6.45) is 3.63. The molecule has 0 spiro atoms. The molecule has 0 bridgehead atoms. The predicted octanol–water partition coefficient (Wildman–Crippen LogP) is 3.44. The quantitative estimate of drug-likeness (QED) is 0.599. The van der Waals surface area contributed by atoms with E-state index in [1.807, 2.05) is 18.2 Å². The second kappa shape index (κ2) is 8.00.